The quantitative estimate of drug-likeness (QED) is 0.862. The molecule has 0 bridgehead atoms. The first kappa shape index (κ1) is 13.3. The summed E-state index contributed by atoms with van der Waals surface area (Å²) in [6.07, 6.45) is 3.73. The van der Waals surface area contributed by atoms with Gasteiger partial charge in [0.05, 0.1) is 11.3 Å². The van der Waals surface area contributed by atoms with Crippen LogP contribution in [-0.2, 0) is 14.6 Å². The SMILES string of the molecule is O=C(O)CC(c1ccc[nH]1)S(=O)(=O)c1cccnc1. The van der Waals surface area contributed by atoms with Gasteiger partial charge in [-0.2, -0.15) is 0 Å². The van der Waals surface area contributed by atoms with Gasteiger partial charge < -0.3 is 10.1 Å². The van der Waals surface area contributed by atoms with Gasteiger partial charge >= 0.3 is 5.97 Å². The first-order chi connectivity index (χ1) is 9.01. The van der Waals surface area contributed by atoms with Crippen molar-refractivity contribution in [3.05, 3.63) is 48.5 Å². The van der Waals surface area contributed by atoms with Crippen LogP contribution in [0.3, 0.4) is 0 Å². The van der Waals surface area contributed by atoms with Crippen molar-refractivity contribution < 1.29 is 18.3 Å². The topological polar surface area (TPSA) is 100 Å². The fraction of sp³-hybridized carbons (Fsp3) is 0.167. The molecule has 7 heteroatoms. The molecule has 2 aromatic heterocycles. The number of rotatable bonds is 5. The van der Waals surface area contributed by atoms with E-state index in [1.54, 1.807) is 18.3 Å². The molecule has 2 N–H and O–H groups in total. The summed E-state index contributed by atoms with van der Waals surface area (Å²) in [5.74, 6) is -1.17. The average Bonchev–Trinajstić information content (AvgIpc) is 2.90. The van der Waals surface area contributed by atoms with Crippen LogP contribution >= 0.6 is 0 Å². The molecular weight excluding hydrogens is 268 g/mol. The van der Waals surface area contributed by atoms with E-state index in [0.717, 1.165) is 0 Å². The van der Waals surface area contributed by atoms with Crippen LogP contribution in [0.15, 0.2) is 47.8 Å². The van der Waals surface area contributed by atoms with Crippen molar-refractivity contribution in [1.29, 1.82) is 0 Å². The molecule has 0 aromatic carbocycles. The van der Waals surface area contributed by atoms with Crippen LogP contribution in [0.2, 0.25) is 0 Å². The van der Waals surface area contributed by atoms with Gasteiger partial charge in [-0.3, -0.25) is 9.78 Å². The first-order valence-corrected chi connectivity index (χ1v) is 7.05. The Balaban J connectivity index is 2.47. The zero-order valence-electron chi connectivity index (χ0n) is 9.85. The van der Waals surface area contributed by atoms with E-state index < -0.39 is 27.5 Å². The molecule has 2 aromatic rings. The lowest BCUT2D eigenvalue weighted by atomic mass is 10.2. The Kier molecular flexibility index (Phi) is 3.66. The summed E-state index contributed by atoms with van der Waals surface area (Å²) in [7, 11) is -3.79. The van der Waals surface area contributed by atoms with Crippen molar-refractivity contribution in [2.45, 2.75) is 16.6 Å². The van der Waals surface area contributed by atoms with Crippen molar-refractivity contribution >= 4 is 15.8 Å². The zero-order valence-corrected chi connectivity index (χ0v) is 10.7. The van der Waals surface area contributed by atoms with Gasteiger partial charge in [0.25, 0.3) is 0 Å². The highest BCUT2D eigenvalue weighted by atomic mass is 32.2. The Morgan fingerprint density at radius 1 is 1.37 bits per heavy atom. The molecule has 0 aliphatic rings. The number of nitrogens with one attached hydrogen (secondary N) is 1. The molecule has 0 aliphatic carbocycles. The standard InChI is InChI=1S/C12H12N2O4S/c15-12(16)7-11(10-4-2-6-14-10)19(17,18)9-3-1-5-13-8-9/h1-6,8,11,14H,7H2,(H,15,16). The molecule has 0 aliphatic heterocycles. The summed E-state index contributed by atoms with van der Waals surface area (Å²) in [5, 5.41) is 7.75. The fourth-order valence-corrected chi connectivity index (χ4v) is 3.42. The first-order valence-electron chi connectivity index (χ1n) is 5.51. The van der Waals surface area contributed by atoms with E-state index in [1.807, 2.05) is 0 Å². The predicted molar refractivity (Wildman–Crippen MR) is 67.2 cm³/mol. The molecule has 0 radical (unpaired) electrons. The molecule has 0 fully saturated rings. The Labute approximate surface area is 110 Å². The third-order valence-corrected chi connectivity index (χ3v) is 4.73. The number of sulfone groups is 1. The lowest BCUT2D eigenvalue weighted by Crippen LogP contribution is -2.18. The molecule has 0 amide bonds. The number of pyridine rings is 1. The van der Waals surface area contributed by atoms with E-state index in [0.29, 0.717) is 5.69 Å². The van der Waals surface area contributed by atoms with Gasteiger partial charge in [0.2, 0.25) is 0 Å². The predicted octanol–water partition coefficient (Wildman–Crippen LogP) is 1.40. The maximum atomic E-state index is 12.4. The van der Waals surface area contributed by atoms with Gasteiger partial charge in [-0.15, -0.1) is 0 Å². The molecule has 1 atom stereocenters. The third kappa shape index (κ3) is 2.82. The fourth-order valence-electron chi connectivity index (χ4n) is 1.77. The molecule has 2 rings (SSSR count). The second-order valence-electron chi connectivity index (χ2n) is 3.95. The highest BCUT2D eigenvalue weighted by molar-refractivity contribution is 7.91. The molecule has 19 heavy (non-hydrogen) atoms. The average molecular weight is 280 g/mol. The molecule has 0 spiro atoms. The normalized spacial score (nSPS) is 13.1. The maximum Gasteiger partial charge on any atom is 0.305 e. The van der Waals surface area contributed by atoms with Gasteiger partial charge in [-0.1, -0.05) is 0 Å². The van der Waals surface area contributed by atoms with E-state index in [2.05, 4.69) is 9.97 Å². The number of carboxylic acids is 1. The van der Waals surface area contributed by atoms with Gasteiger partial charge in [0.15, 0.2) is 9.84 Å². The monoisotopic (exact) mass is 280 g/mol. The number of hydrogen-bond donors (Lipinski definition) is 2. The van der Waals surface area contributed by atoms with Crippen LogP contribution in [0.1, 0.15) is 17.4 Å². The second-order valence-corrected chi connectivity index (χ2v) is 6.08. The molecule has 100 valence electrons. The highest BCUT2D eigenvalue weighted by Gasteiger charge is 2.32. The number of aliphatic carboxylic acids is 1. The number of hydrogen-bond acceptors (Lipinski definition) is 4. The van der Waals surface area contributed by atoms with Crippen LogP contribution in [0.4, 0.5) is 0 Å². The van der Waals surface area contributed by atoms with Crippen molar-refractivity contribution in [1.82, 2.24) is 9.97 Å². The van der Waals surface area contributed by atoms with Crippen LogP contribution in [0, 0.1) is 0 Å². The lowest BCUT2D eigenvalue weighted by Gasteiger charge is -2.14. The van der Waals surface area contributed by atoms with Crippen molar-refractivity contribution in [3.63, 3.8) is 0 Å². The van der Waals surface area contributed by atoms with Gasteiger partial charge in [-0.25, -0.2) is 8.42 Å². The summed E-state index contributed by atoms with van der Waals surface area (Å²) >= 11 is 0. The number of carboxylic acid groups (broad SMARTS) is 1. The molecular formula is C12H12N2O4S. The molecule has 2 heterocycles. The van der Waals surface area contributed by atoms with E-state index in [1.165, 1.54) is 24.5 Å². The van der Waals surface area contributed by atoms with E-state index in [4.69, 9.17) is 5.11 Å². The Bertz CT molecular complexity index is 650. The Morgan fingerprint density at radius 2 is 2.16 bits per heavy atom. The molecule has 0 saturated carbocycles. The third-order valence-electron chi connectivity index (χ3n) is 2.67. The summed E-state index contributed by atoms with van der Waals surface area (Å²) in [6.45, 7) is 0. The summed E-state index contributed by atoms with van der Waals surface area (Å²) in [5.41, 5.74) is 0.353. The molecule has 6 nitrogen and oxygen atoms in total. The highest BCUT2D eigenvalue weighted by Crippen LogP contribution is 2.30. The molecule has 0 saturated heterocycles. The van der Waals surface area contributed by atoms with Gasteiger partial charge in [0, 0.05) is 24.3 Å². The van der Waals surface area contributed by atoms with E-state index in [9.17, 15) is 13.2 Å². The smallest absolute Gasteiger partial charge is 0.305 e. The van der Waals surface area contributed by atoms with Crippen LogP contribution < -0.4 is 0 Å². The minimum Gasteiger partial charge on any atom is -0.481 e. The minimum absolute atomic E-state index is 0.0100. The number of aromatic amines is 1. The number of aromatic nitrogens is 2. The Hall–Kier alpha value is -2.15. The number of nitrogens with zero attached hydrogens (tertiary/aromatic N) is 1. The maximum absolute atomic E-state index is 12.4. The summed E-state index contributed by atoms with van der Waals surface area (Å²) in [6, 6.07) is 6.09. The number of H-pyrrole nitrogens is 1. The second kappa shape index (κ2) is 5.23. The van der Waals surface area contributed by atoms with Gasteiger partial charge in [0.1, 0.15) is 5.25 Å². The van der Waals surface area contributed by atoms with Crippen LogP contribution in [-0.4, -0.2) is 29.5 Å². The van der Waals surface area contributed by atoms with Crippen LogP contribution in [0.5, 0.6) is 0 Å². The van der Waals surface area contributed by atoms with Crippen molar-refractivity contribution in [2.75, 3.05) is 0 Å². The van der Waals surface area contributed by atoms with Crippen molar-refractivity contribution in [3.8, 4) is 0 Å². The van der Waals surface area contributed by atoms with Crippen molar-refractivity contribution in [2.24, 2.45) is 0 Å². The van der Waals surface area contributed by atoms with Gasteiger partial charge in [-0.05, 0) is 24.3 Å². The minimum atomic E-state index is -3.79. The number of carbonyl (C=O) groups is 1. The molecule has 1 unspecified atom stereocenters. The van der Waals surface area contributed by atoms with E-state index in [-0.39, 0.29) is 4.90 Å². The lowest BCUT2D eigenvalue weighted by molar-refractivity contribution is -0.137. The summed E-state index contributed by atoms with van der Waals surface area (Å²) < 4.78 is 24.9. The van der Waals surface area contributed by atoms with Crippen LogP contribution in [0.25, 0.3) is 0 Å². The summed E-state index contributed by atoms with van der Waals surface area (Å²) in [4.78, 5) is 17.4. The largest absolute Gasteiger partial charge is 0.481 e. The zero-order chi connectivity index (χ0) is 13.9. The Morgan fingerprint density at radius 3 is 2.68 bits per heavy atom. The van der Waals surface area contributed by atoms with E-state index >= 15 is 0 Å².